The molecule has 2 N–H and O–H groups in total. The summed E-state index contributed by atoms with van der Waals surface area (Å²) in [5, 5.41) is 19.7. The minimum atomic E-state index is -3.48. The Morgan fingerprint density at radius 1 is 0.968 bits per heavy atom. The van der Waals surface area contributed by atoms with E-state index in [0.29, 0.717) is 6.07 Å². The van der Waals surface area contributed by atoms with Crippen molar-refractivity contribution in [3.63, 3.8) is 0 Å². The molecule has 0 spiro atoms. The van der Waals surface area contributed by atoms with Crippen LogP contribution in [0.3, 0.4) is 0 Å². The first-order valence-corrected chi connectivity index (χ1v) is 9.13. The lowest BCUT2D eigenvalue weighted by atomic mass is 9.55. The van der Waals surface area contributed by atoms with Gasteiger partial charge in [0.05, 0.1) is 5.41 Å². The number of aliphatic carboxylic acids is 2. The average Bonchev–Trinajstić information content (AvgIpc) is 2.70. The molecular formula is C22H17F5O4. The highest BCUT2D eigenvalue weighted by Gasteiger charge is 2.63. The van der Waals surface area contributed by atoms with Gasteiger partial charge in [0.1, 0.15) is 11.2 Å². The maximum Gasteiger partial charge on any atom is 0.316 e. The number of alkyl halides is 2. The molecule has 0 aliphatic heterocycles. The topological polar surface area (TPSA) is 74.6 Å². The third kappa shape index (κ3) is 3.37. The van der Waals surface area contributed by atoms with Gasteiger partial charge in [0.25, 0.3) is 6.43 Å². The molecule has 0 saturated heterocycles. The van der Waals surface area contributed by atoms with E-state index in [4.69, 9.17) is 0 Å². The van der Waals surface area contributed by atoms with Gasteiger partial charge >= 0.3 is 11.9 Å². The second kappa shape index (κ2) is 7.79. The quantitative estimate of drug-likeness (QED) is 0.379. The molecule has 9 heteroatoms. The molecule has 2 aromatic rings. The van der Waals surface area contributed by atoms with Crippen LogP contribution < -0.4 is 0 Å². The van der Waals surface area contributed by atoms with E-state index in [1.165, 1.54) is 24.3 Å². The van der Waals surface area contributed by atoms with E-state index in [1.54, 1.807) is 0 Å². The summed E-state index contributed by atoms with van der Waals surface area (Å²) in [7, 11) is 0. The van der Waals surface area contributed by atoms with E-state index in [1.807, 2.05) is 0 Å². The van der Waals surface area contributed by atoms with Gasteiger partial charge in [0.2, 0.25) is 0 Å². The number of allylic oxidation sites excluding steroid dienone is 1. The van der Waals surface area contributed by atoms with Crippen molar-refractivity contribution in [2.24, 2.45) is 10.8 Å². The van der Waals surface area contributed by atoms with Crippen LogP contribution in [0.1, 0.15) is 24.8 Å². The molecular weight excluding hydrogens is 423 g/mol. The third-order valence-corrected chi connectivity index (χ3v) is 5.85. The van der Waals surface area contributed by atoms with Crippen molar-refractivity contribution in [2.75, 3.05) is 0 Å². The Balaban J connectivity index is 2.41. The van der Waals surface area contributed by atoms with Crippen molar-refractivity contribution >= 4 is 11.9 Å². The molecule has 4 nitrogen and oxygen atoms in total. The second-order valence-electron chi connectivity index (χ2n) is 7.61. The summed E-state index contributed by atoms with van der Waals surface area (Å²) < 4.78 is 70.4. The van der Waals surface area contributed by atoms with E-state index >= 15 is 0 Å². The fourth-order valence-electron chi connectivity index (χ4n) is 4.29. The summed E-state index contributed by atoms with van der Waals surface area (Å²) >= 11 is 0. The summed E-state index contributed by atoms with van der Waals surface area (Å²) in [6.07, 6.45) is -1.96. The maximum atomic E-state index is 14.5. The zero-order valence-electron chi connectivity index (χ0n) is 16.1. The van der Waals surface area contributed by atoms with Gasteiger partial charge in [-0.1, -0.05) is 36.4 Å². The number of halogens is 5. The molecule has 0 amide bonds. The van der Waals surface area contributed by atoms with Crippen molar-refractivity contribution in [1.29, 1.82) is 0 Å². The fourth-order valence-corrected chi connectivity index (χ4v) is 4.29. The Kier molecular flexibility index (Phi) is 5.64. The zero-order chi connectivity index (χ0) is 23.1. The number of benzene rings is 2. The summed E-state index contributed by atoms with van der Waals surface area (Å²) in [5.41, 5.74) is -5.92. The largest absolute Gasteiger partial charge is 0.481 e. The molecule has 0 fully saturated rings. The van der Waals surface area contributed by atoms with Crippen LogP contribution in [0, 0.1) is 28.3 Å². The van der Waals surface area contributed by atoms with Crippen molar-refractivity contribution in [3.05, 3.63) is 71.6 Å². The van der Waals surface area contributed by atoms with E-state index in [-0.39, 0.29) is 17.2 Å². The Labute approximate surface area is 173 Å². The van der Waals surface area contributed by atoms with E-state index in [9.17, 15) is 41.8 Å². The van der Waals surface area contributed by atoms with Crippen LogP contribution in [-0.4, -0.2) is 28.6 Å². The molecule has 0 bridgehead atoms. The number of carboxylic acid groups (broad SMARTS) is 2. The Morgan fingerprint density at radius 2 is 1.58 bits per heavy atom. The Hall–Kier alpha value is -3.23. The Bertz CT molecular complexity index is 1080. The zero-order valence-corrected chi connectivity index (χ0v) is 16.1. The van der Waals surface area contributed by atoms with Gasteiger partial charge in [-0.05, 0) is 30.5 Å². The number of hydrogen-bond donors (Lipinski definition) is 2. The highest BCUT2D eigenvalue weighted by molar-refractivity contribution is 5.86. The minimum Gasteiger partial charge on any atom is -0.481 e. The molecule has 0 heterocycles. The number of rotatable bonds is 5. The molecule has 164 valence electrons. The summed E-state index contributed by atoms with van der Waals surface area (Å²) in [4.78, 5) is 24.3. The van der Waals surface area contributed by atoms with Gasteiger partial charge in [-0.25, -0.2) is 22.0 Å². The molecule has 31 heavy (non-hydrogen) atoms. The van der Waals surface area contributed by atoms with Gasteiger partial charge in [-0.2, -0.15) is 0 Å². The first kappa shape index (κ1) is 22.5. The smallest absolute Gasteiger partial charge is 0.316 e. The van der Waals surface area contributed by atoms with Crippen LogP contribution in [0.15, 0.2) is 48.6 Å². The van der Waals surface area contributed by atoms with Gasteiger partial charge in [0, 0.05) is 17.5 Å². The van der Waals surface area contributed by atoms with Gasteiger partial charge in [-0.3, -0.25) is 9.59 Å². The van der Waals surface area contributed by atoms with E-state index in [2.05, 4.69) is 0 Å². The summed E-state index contributed by atoms with van der Waals surface area (Å²) in [6, 6.07) is 5.91. The second-order valence-corrected chi connectivity index (χ2v) is 7.61. The molecule has 1 aliphatic rings. The molecule has 0 radical (unpaired) electrons. The fraction of sp³-hybridized carbons (Fsp3) is 0.273. The molecule has 3 atom stereocenters. The predicted octanol–water partition coefficient (Wildman–Crippen LogP) is 5.24. The number of carboxylic acids is 2. The number of carbonyl (C=O) groups is 2. The van der Waals surface area contributed by atoms with Crippen LogP contribution in [-0.2, 0) is 9.59 Å². The molecule has 0 saturated carbocycles. The molecule has 3 unspecified atom stereocenters. The highest BCUT2D eigenvalue weighted by Crippen LogP contribution is 2.58. The summed E-state index contributed by atoms with van der Waals surface area (Å²) in [6.45, 7) is 1.09. The molecule has 1 aliphatic carbocycles. The number of hydrogen-bond acceptors (Lipinski definition) is 2. The molecule has 0 aromatic heterocycles. The lowest BCUT2D eigenvalue weighted by molar-refractivity contribution is -0.170. The van der Waals surface area contributed by atoms with Crippen molar-refractivity contribution in [1.82, 2.24) is 0 Å². The molecule has 2 aromatic carbocycles. The van der Waals surface area contributed by atoms with E-state index in [0.717, 1.165) is 19.1 Å². The monoisotopic (exact) mass is 440 g/mol. The predicted molar refractivity (Wildman–Crippen MR) is 100 cm³/mol. The standard InChI is InChI=1S/C22H17F5O4/c1-21(19(28)29)7-4-8-22(18(26)27,20(30)31)17(21)12-6-3-2-5-11(12)13-9-15(24)16(25)10-14(13)23/h2-7,9-10,17-18H,8H2,1H3,(H,28,29)(H,30,31). The lowest BCUT2D eigenvalue weighted by Gasteiger charge is -2.46. The van der Waals surface area contributed by atoms with Gasteiger partial charge in [0.15, 0.2) is 11.6 Å². The van der Waals surface area contributed by atoms with Crippen molar-refractivity contribution in [2.45, 2.75) is 25.7 Å². The lowest BCUT2D eigenvalue weighted by Crippen LogP contribution is -2.53. The average molecular weight is 440 g/mol. The first-order valence-electron chi connectivity index (χ1n) is 9.13. The van der Waals surface area contributed by atoms with Crippen molar-refractivity contribution < 1.29 is 41.8 Å². The summed E-state index contributed by atoms with van der Waals surface area (Å²) in [5.74, 6) is -9.45. The van der Waals surface area contributed by atoms with Gasteiger partial charge < -0.3 is 10.2 Å². The minimum absolute atomic E-state index is 0.210. The van der Waals surface area contributed by atoms with Crippen LogP contribution >= 0.6 is 0 Å². The first-order chi connectivity index (χ1) is 14.5. The van der Waals surface area contributed by atoms with Crippen molar-refractivity contribution in [3.8, 4) is 11.1 Å². The normalized spacial score (nSPS) is 25.6. The van der Waals surface area contributed by atoms with Crippen LogP contribution in [0.5, 0.6) is 0 Å². The highest BCUT2D eigenvalue weighted by atomic mass is 19.3. The van der Waals surface area contributed by atoms with Crippen LogP contribution in [0.25, 0.3) is 11.1 Å². The van der Waals surface area contributed by atoms with Crippen LogP contribution in [0.2, 0.25) is 0 Å². The third-order valence-electron chi connectivity index (χ3n) is 5.85. The van der Waals surface area contributed by atoms with E-state index < -0.39 is 64.5 Å². The van der Waals surface area contributed by atoms with Crippen LogP contribution in [0.4, 0.5) is 22.0 Å². The molecule has 3 rings (SSSR count). The maximum absolute atomic E-state index is 14.5. The SMILES string of the molecule is CC1(C(=O)O)C=CCC(C(=O)O)(C(F)F)C1c1ccccc1-c1cc(F)c(F)cc1F. The van der Waals surface area contributed by atoms with Gasteiger partial charge in [-0.15, -0.1) is 0 Å². The Morgan fingerprint density at radius 3 is 2.16 bits per heavy atom.